The summed E-state index contributed by atoms with van der Waals surface area (Å²) in [4.78, 5) is 10.2. The summed E-state index contributed by atoms with van der Waals surface area (Å²) in [6.45, 7) is 2.94. The maximum absolute atomic E-state index is 4.54. The maximum atomic E-state index is 4.54. The molecule has 3 nitrogen and oxygen atoms in total. The molecule has 2 aromatic heterocycles. The monoisotopic (exact) mass is 259 g/mol. The van der Waals surface area contributed by atoms with E-state index in [-0.39, 0.29) is 0 Å². The normalized spacial score (nSPS) is 18.6. The first-order chi connectivity index (χ1) is 8.83. The smallest absolute Gasteiger partial charge is 0.107 e. The first kappa shape index (κ1) is 11.8. The molecule has 1 atom stereocenters. The molecule has 0 bridgehead atoms. The quantitative estimate of drug-likeness (QED) is 0.920. The van der Waals surface area contributed by atoms with Gasteiger partial charge >= 0.3 is 0 Å². The Kier molecular flexibility index (Phi) is 3.39. The number of pyridine rings is 1. The summed E-state index contributed by atoms with van der Waals surface area (Å²) in [5.41, 5.74) is 2.63. The van der Waals surface area contributed by atoms with E-state index in [1.807, 2.05) is 18.5 Å². The number of rotatable bonds is 3. The SMILES string of the molecule is Cc1cnc(CNC2CCCc3cccnc32)s1. The average molecular weight is 259 g/mol. The summed E-state index contributed by atoms with van der Waals surface area (Å²) in [5, 5.41) is 4.76. The van der Waals surface area contributed by atoms with Crippen molar-refractivity contribution in [3.8, 4) is 0 Å². The van der Waals surface area contributed by atoms with Gasteiger partial charge < -0.3 is 5.32 Å². The van der Waals surface area contributed by atoms with E-state index in [2.05, 4.69) is 28.3 Å². The molecule has 2 aromatic rings. The molecule has 4 heteroatoms. The molecule has 0 saturated carbocycles. The van der Waals surface area contributed by atoms with E-state index < -0.39 is 0 Å². The van der Waals surface area contributed by atoms with Crippen LogP contribution in [0.5, 0.6) is 0 Å². The van der Waals surface area contributed by atoms with E-state index in [9.17, 15) is 0 Å². The van der Waals surface area contributed by atoms with E-state index >= 15 is 0 Å². The fraction of sp³-hybridized carbons (Fsp3) is 0.429. The van der Waals surface area contributed by atoms with Gasteiger partial charge in [-0.25, -0.2) is 4.98 Å². The molecule has 0 fully saturated rings. The zero-order valence-corrected chi connectivity index (χ0v) is 11.3. The van der Waals surface area contributed by atoms with Crippen LogP contribution >= 0.6 is 11.3 Å². The molecule has 0 spiro atoms. The molecule has 0 amide bonds. The lowest BCUT2D eigenvalue weighted by molar-refractivity contribution is 0.447. The van der Waals surface area contributed by atoms with Crippen LogP contribution in [0, 0.1) is 6.92 Å². The second-order valence-corrected chi connectivity index (χ2v) is 6.06. The van der Waals surface area contributed by atoms with Crippen molar-refractivity contribution in [1.29, 1.82) is 0 Å². The highest BCUT2D eigenvalue weighted by atomic mass is 32.1. The van der Waals surface area contributed by atoms with Crippen molar-refractivity contribution in [3.63, 3.8) is 0 Å². The Morgan fingerprint density at radius 1 is 1.44 bits per heavy atom. The molecule has 3 rings (SSSR count). The van der Waals surface area contributed by atoms with Gasteiger partial charge in [0.2, 0.25) is 0 Å². The van der Waals surface area contributed by atoms with Gasteiger partial charge in [-0.15, -0.1) is 11.3 Å². The van der Waals surface area contributed by atoms with Crippen molar-refractivity contribution in [2.75, 3.05) is 0 Å². The van der Waals surface area contributed by atoms with Gasteiger partial charge in [-0.2, -0.15) is 0 Å². The molecule has 2 heterocycles. The van der Waals surface area contributed by atoms with Crippen LogP contribution in [0.1, 0.15) is 40.0 Å². The fourth-order valence-corrected chi connectivity index (χ4v) is 3.24. The van der Waals surface area contributed by atoms with E-state index in [0.717, 1.165) is 18.0 Å². The van der Waals surface area contributed by atoms with Crippen LogP contribution in [0.15, 0.2) is 24.5 Å². The third-order valence-corrected chi connectivity index (χ3v) is 4.28. The maximum Gasteiger partial charge on any atom is 0.107 e. The average Bonchev–Trinajstić information content (AvgIpc) is 2.82. The van der Waals surface area contributed by atoms with Gasteiger partial charge in [0.05, 0.1) is 11.7 Å². The van der Waals surface area contributed by atoms with Gasteiger partial charge in [0.25, 0.3) is 0 Å². The van der Waals surface area contributed by atoms with Gasteiger partial charge in [-0.05, 0) is 37.8 Å². The van der Waals surface area contributed by atoms with Crippen molar-refractivity contribution >= 4 is 11.3 Å². The number of aryl methyl sites for hydroxylation is 2. The largest absolute Gasteiger partial charge is 0.302 e. The van der Waals surface area contributed by atoms with Crippen LogP contribution in [0.25, 0.3) is 0 Å². The third kappa shape index (κ3) is 2.44. The van der Waals surface area contributed by atoms with Gasteiger partial charge in [-0.1, -0.05) is 6.07 Å². The molecule has 18 heavy (non-hydrogen) atoms. The highest BCUT2D eigenvalue weighted by molar-refractivity contribution is 7.11. The Labute approximate surface area is 111 Å². The van der Waals surface area contributed by atoms with E-state index in [1.54, 1.807) is 11.3 Å². The number of nitrogens with zero attached hydrogens (tertiary/aromatic N) is 2. The Morgan fingerprint density at radius 3 is 3.22 bits per heavy atom. The Balaban J connectivity index is 1.71. The molecule has 0 saturated heterocycles. The highest BCUT2D eigenvalue weighted by Gasteiger charge is 2.20. The van der Waals surface area contributed by atoms with Crippen LogP contribution < -0.4 is 5.32 Å². The van der Waals surface area contributed by atoms with Crippen LogP contribution in [-0.4, -0.2) is 9.97 Å². The molecule has 0 radical (unpaired) electrons. The minimum Gasteiger partial charge on any atom is -0.302 e. The van der Waals surface area contributed by atoms with Crippen molar-refractivity contribution in [2.24, 2.45) is 0 Å². The lowest BCUT2D eigenvalue weighted by Gasteiger charge is -2.24. The minimum absolute atomic E-state index is 0.388. The molecular formula is C14H17N3S. The van der Waals surface area contributed by atoms with Crippen molar-refractivity contribution in [3.05, 3.63) is 45.7 Å². The second-order valence-electron chi connectivity index (χ2n) is 4.74. The molecule has 1 aliphatic carbocycles. The molecule has 94 valence electrons. The van der Waals surface area contributed by atoms with Crippen molar-refractivity contribution in [2.45, 2.75) is 38.8 Å². The van der Waals surface area contributed by atoms with Crippen molar-refractivity contribution < 1.29 is 0 Å². The zero-order chi connectivity index (χ0) is 12.4. The summed E-state index contributed by atoms with van der Waals surface area (Å²) < 4.78 is 0. The lowest BCUT2D eigenvalue weighted by atomic mass is 9.92. The number of aromatic nitrogens is 2. The Hall–Kier alpha value is -1.26. The molecule has 1 aliphatic rings. The van der Waals surface area contributed by atoms with Crippen LogP contribution in [-0.2, 0) is 13.0 Å². The summed E-state index contributed by atoms with van der Waals surface area (Å²) in [5.74, 6) is 0. The van der Waals surface area contributed by atoms with Crippen molar-refractivity contribution in [1.82, 2.24) is 15.3 Å². The number of hydrogen-bond donors (Lipinski definition) is 1. The van der Waals surface area contributed by atoms with Gasteiger partial charge in [0.15, 0.2) is 0 Å². The topological polar surface area (TPSA) is 37.8 Å². The molecule has 1 unspecified atom stereocenters. The first-order valence-electron chi connectivity index (χ1n) is 6.41. The van der Waals surface area contributed by atoms with Crippen LogP contribution in [0.3, 0.4) is 0 Å². The number of nitrogens with one attached hydrogen (secondary N) is 1. The van der Waals surface area contributed by atoms with E-state index in [1.165, 1.54) is 29.0 Å². The number of fused-ring (bicyclic) bond motifs is 1. The number of thiazole rings is 1. The Morgan fingerprint density at radius 2 is 2.39 bits per heavy atom. The molecule has 0 aliphatic heterocycles. The van der Waals surface area contributed by atoms with Crippen LogP contribution in [0.4, 0.5) is 0 Å². The number of hydrogen-bond acceptors (Lipinski definition) is 4. The molecule has 1 N–H and O–H groups in total. The highest BCUT2D eigenvalue weighted by Crippen LogP contribution is 2.28. The molecule has 0 aromatic carbocycles. The summed E-state index contributed by atoms with van der Waals surface area (Å²) in [6.07, 6.45) is 7.42. The van der Waals surface area contributed by atoms with Gasteiger partial charge in [0.1, 0.15) is 5.01 Å². The zero-order valence-electron chi connectivity index (χ0n) is 10.5. The first-order valence-corrected chi connectivity index (χ1v) is 7.23. The summed E-state index contributed by atoms with van der Waals surface area (Å²) in [6, 6.07) is 4.62. The summed E-state index contributed by atoms with van der Waals surface area (Å²) >= 11 is 1.76. The van der Waals surface area contributed by atoms with Crippen LogP contribution in [0.2, 0.25) is 0 Å². The van der Waals surface area contributed by atoms with Gasteiger partial charge in [0, 0.05) is 23.8 Å². The Bertz CT molecular complexity index is 535. The summed E-state index contributed by atoms with van der Waals surface area (Å²) in [7, 11) is 0. The predicted molar refractivity (Wildman–Crippen MR) is 73.6 cm³/mol. The lowest BCUT2D eigenvalue weighted by Crippen LogP contribution is -2.25. The molecular weight excluding hydrogens is 242 g/mol. The fourth-order valence-electron chi connectivity index (χ4n) is 2.50. The van der Waals surface area contributed by atoms with E-state index in [4.69, 9.17) is 0 Å². The van der Waals surface area contributed by atoms with Gasteiger partial charge in [-0.3, -0.25) is 4.98 Å². The predicted octanol–water partition coefficient (Wildman–Crippen LogP) is 3.01. The standard InChI is InChI=1S/C14H17N3S/c1-10-8-17-13(18-10)9-16-12-6-2-4-11-5-3-7-15-14(11)12/h3,5,7-8,12,16H,2,4,6,9H2,1H3. The van der Waals surface area contributed by atoms with E-state index in [0.29, 0.717) is 6.04 Å². The third-order valence-electron chi connectivity index (χ3n) is 3.36. The second kappa shape index (κ2) is 5.16. The minimum atomic E-state index is 0.388.